The van der Waals surface area contributed by atoms with Crippen molar-refractivity contribution in [1.29, 1.82) is 0 Å². The summed E-state index contributed by atoms with van der Waals surface area (Å²) in [6, 6.07) is 8.36. The highest BCUT2D eigenvalue weighted by Gasteiger charge is 2.25. The summed E-state index contributed by atoms with van der Waals surface area (Å²) < 4.78 is 1.49. The molecule has 1 aromatic carbocycles. The van der Waals surface area contributed by atoms with E-state index in [1.165, 1.54) is 16.6 Å². The van der Waals surface area contributed by atoms with Crippen LogP contribution in [0.15, 0.2) is 48.8 Å². The number of hydrogen-bond acceptors (Lipinski definition) is 4. The van der Waals surface area contributed by atoms with Crippen molar-refractivity contribution in [2.75, 3.05) is 13.6 Å². The number of rotatable bonds is 7. The number of carboxylic acid groups (broad SMARTS) is 1. The number of carbonyl (C=O) groups is 3. The van der Waals surface area contributed by atoms with Crippen LogP contribution in [0.1, 0.15) is 24.6 Å². The van der Waals surface area contributed by atoms with E-state index in [4.69, 9.17) is 0 Å². The molecule has 0 saturated heterocycles. The molecule has 0 saturated carbocycles. The van der Waals surface area contributed by atoms with Crippen molar-refractivity contribution in [3.05, 3.63) is 54.4 Å². The smallest absolute Gasteiger partial charge is 0.330 e. The molecule has 2 amide bonds. The molecule has 2 N–H and O–H groups in total. The second-order valence-electron chi connectivity index (χ2n) is 5.61. The molecule has 0 aliphatic rings. The molecular weight excluding hydrogens is 324 g/mol. The number of benzene rings is 1. The van der Waals surface area contributed by atoms with Crippen LogP contribution in [-0.4, -0.2) is 51.2 Å². The van der Waals surface area contributed by atoms with E-state index in [-0.39, 0.29) is 12.5 Å². The van der Waals surface area contributed by atoms with E-state index >= 15 is 0 Å². The third-order valence-corrected chi connectivity index (χ3v) is 3.72. The maximum absolute atomic E-state index is 12.3. The number of nitrogens with one attached hydrogen (secondary N) is 1. The molecule has 25 heavy (non-hydrogen) atoms. The predicted octanol–water partition coefficient (Wildman–Crippen LogP) is 0.845. The Morgan fingerprint density at radius 1 is 1.24 bits per heavy atom. The lowest BCUT2D eigenvalue weighted by Crippen LogP contribution is -2.43. The second kappa shape index (κ2) is 8.09. The molecule has 1 heterocycles. The number of hydrogen-bond donors (Lipinski definition) is 2. The van der Waals surface area contributed by atoms with Crippen LogP contribution >= 0.6 is 0 Å². The number of carbonyl (C=O) groups excluding carboxylic acids is 2. The van der Waals surface area contributed by atoms with E-state index in [2.05, 4.69) is 10.4 Å². The molecule has 0 spiro atoms. The third-order valence-electron chi connectivity index (χ3n) is 3.72. The Hall–Kier alpha value is -3.16. The molecule has 0 aliphatic heterocycles. The van der Waals surface area contributed by atoms with Gasteiger partial charge in [-0.3, -0.25) is 14.3 Å². The molecular formula is C17H20N4O4. The van der Waals surface area contributed by atoms with Gasteiger partial charge in [-0.25, -0.2) is 4.79 Å². The summed E-state index contributed by atoms with van der Waals surface area (Å²) in [4.78, 5) is 37.2. The van der Waals surface area contributed by atoms with Gasteiger partial charge in [-0.2, -0.15) is 5.10 Å². The van der Waals surface area contributed by atoms with Gasteiger partial charge in [-0.15, -0.1) is 0 Å². The molecule has 8 nitrogen and oxygen atoms in total. The van der Waals surface area contributed by atoms with Gasteiger partial charge in [-0.1, -0.05) is 30.3 Å². The lowest BCUT2D eigenvalue weighted by molar-refractivity contribution is -0.143. The van der Waals surface area contributed by atoms with Crippen molar-refractivity contribution in [2.45, 2.75) is 19.0 Å². The first-order valence-corrected chi connectivity index (χ1v) is 7.71. The minimum absolute atomic E-state index is 0.249. The average molecular weight is 344 g/mol. The first kappa shape index (κ1) is 18.2. The Bertz CT molecular complexity index is 730. The summed E-state index contributed by atoms with van der Waals surface area (Å²) in [5.41, 5.74) is 0.460. The van der Waals surface area contributed by atoms with Gasteiger partial charge in [0.15, 0.2) is 6.04 Å². The Kier molecular flexibility index (Phi) is 5.89. The van der Waals surface area contributed by atoms with E-state index in [0.29, 0.717) is 5.56 Å². The number of likely N-dealkylation sites (N-methyl/N-ethyl adjacent to an activating group) is 1. The average Bonchev–Trinajstić information content (AvgIpc) is 3.13. The zero-order chi connectivity index (χ0) is 18.4. The second-order valence-corrected chi connectivity index (χ2v) is 5.61. The number of nitrogens with zero attached hydrogens (tertiary/aromatic N) is 3. The summed E-state index contributed by atoms with van der Waals surface area (Å²) in [7, 11) is 1.49. The maximum atomic E-state index is 12.3. The largest absolute Gasteiger partial charge is 0.479 e. The zero-order valence-corrected chi connectivity index (χ0v) is 14.0. The van der Waals surface area contributed by atoms with Gasteiger partial charge < -0.3 is 15.3 Å². The van der Waals surface area contributed by atoms with E-state index in [0.717, 1.165) is 0 Å². The van der Waals surface area contributed by atoms with Gasteiger partial charge in [0, 0.05) is 19.4 Å². The normalized spacial score (nSPS) is 12.9. The molecule has 0 bridgehead atoms. The fraction of sp³-hybridized carbons (Fsp3) is 0.294. The molecule has 2 atom stereocenters. The van der Waals surface area contributed by atoms with Crippen molar-refractivity contribution in [3.8, 4) is 0 Å². The van der Waals surface area contributed by atoms with E-state index < -0.39 is 24.0 Å². The van der Waals surface area contributed by atoms with Crippen molar-refractivity contribution >= 4 is 17.8 Å². The Balaban J connectivity index is 1.98. The van der Waals surface area contributed by atoms with Crippen molar-refractivity contribution in [2.24, 2.45) is 0 Å². The first-order valence-electron chi connectivity index (χ1n) is 7.71. The first-order chi connectivity index (χ1) is 11.9. The minimum atomic E-state index is -1.17. The molecule has 0 radical (unpaired) electrons. The molecule has 132 valence electrons. The number of amides is 2. The fourth-order valence-corrected chi connectivity index (χ4v) is 2.37. The lowest BCUT2D eigenvalue weighted by Gasteiger charge is -2.22. The zero-order valence-electron chi connectivity index (χ0n) is 14.0. The summed E-state index contributed by atoms with van der Waals surface area (Å²) >= 11 is 0. The van der Waals surface area contributed by atoms with Gasteiger partial charge >= 0.3 is 5.97 Å². The molecule has 2 aromatic rings. The minimum Gasteiger partial charge on any atom is -0.479 e. The van der Waals surface area contributed by atoms with Gasteiger partial charge in [0.2, 0.25) is 11.8 Å². The molecule has 0 fully saturated rings. The number of carboxylic acids is 1. The SMILES string of the molecule is CC(C(=O)N(C)CC(=O)N[C@@H](C(=O)O)c1ccccc1)n1cccn1. The van der Waals surface area contributed by atoms with Crippen molar-refractivity contribution < 1.29 is 19.5 Å². The summed E-state index contributed by atoms with van der Waals surface area (Å²) in [5, 5.41) is 15.8. The monoisotopic (exact) mass is 344 g/mol. The van der Waals surface area contributed by atoms with Crippen LogP contribution in [0.4, 0.5) is 0 Å². The predicted molar refractivity (Wildman–Crippen MR) is 89.5 cm³/mol. The van der Waals surface area contributed by atoms with Gasteiger partial charge in [0.05, 0.1) is 6.54 Å². The van der Waals surface area contributed by atoms with E-state index in [9.17, 15) is 19.5 Å². The third kappa shape index (κ3) is 4.66. The van der Waals surface area contributed by atoms with Crippen molar-refractivity contribution in [3.63, 3.8) is 0 Å². The van der Waals surface area contributed by atoms with Crippen LogP contribution < -0.4 is 5.32 Å². The Labute approximate surface area is 145 Å². The molecule has 1 unspecified atom stereocenters. The molecule has 2 rings (SSSR count). The quantitative estimate of drug-likeness (QED) is 0.775. The lowest BCUT2D eigenvalue weighted by atomic mass is 10.1. The van der Waals surface area contributed by atoms with Crippen molar-refractivity contribution in [1.82, 2.24) is 20.0 Å². The van der Waals surface area contributed by atoms with Gasteiger partial charge in [0.1, 0.15) is 6.04 Å². The highest BCUT2D eigenvalue weighted by Crippen LogP contribution is 2.13. The van der Waals surface area contributed by atoms with Crippen LogP contribution in [0, 0.1) is 0 Å². The van der Waals surface area contributed by atoms with Crippen LogP contribution in [0.25, 0.3) is 0 Å². The van der Waals surface area contributed by atoms with Crippen LogP contribution in [0.5, 0.6) is 0 Å². The number of aromatic nitrogens is 2. The number of aliphatic carboxylic acids is 1. The van der Waals surface area contributed by atoms with Crippen LogP contribution in [0.2, 0.25) is 0 Å². The standard InChI is InChI=1S/C17H20N4O4/c1-12(21-10-6-9-18-21)16(23)20(2)11-14(22)19-15(17(24)25)13-7-4-3-5-8-13/h3-10,12,15H,11H2,1-2H3,(H,19,22)(H,24,25)/t12?,15-/m1/s1. The summed E-state index contributed by atoms with van der Waals surface area (Å²) in [5.74, 6) is -2.02. The molecule has 1 aromatic heterocycles. The summed E-state index contributed by atoms with van der Waals surface area (Å²) in [6.45, 7) is 1.43. The highest BCUT2D eigenvalue weighted by molar-refractivity contribution is 5.89. The van der Waals surface area contributed by atoms with Crippen LogP contribution in [0.3, 0.4) is 0 Å². The highest BCUT2D eigenvalue weighted by atomic mass is 16.4. The topological polar surface area (TPSA) is 105 Å². The van der Waals surface area contributed by atoms with Gasteiger partial charge in [0.25, 0.3) is 0 Å². The molecule has 0 aliphatic carbocycles. The van der Waals surface area contributed by atoms with Gasteiger partial charge in [-0.05, 0) is 18.6 Å². The Morgan fingerprint density at radius 3 is 2.48 bits per heavy atom. The fourth-order valence-electron chi connectivity index (χ4n) is 2.37. The Morgan fingerprint density at radius 2 is 1.92 bits per heavy atom. The van der Waals surface area contributed by atoms with Crippen LogP contribution in [-0.2, 0) is 14.4 Å². The maximum Gasteiger partial charge on any atom is 0.330 e. The van der Waals surface area contributed by atoms with E-state index in [1.807, 2.05) is 0 Å². The van der Waals surface area contributed by atoms with E-state index in [1.54, 1.807) is 55.7 Å². The molecule has 8 heteroatoms. The summed E-state index contributed by atoms with van der Waals surface area (Å²) in [6.07, 6.45) is 3.22.